The van der Waals surface area contributed by atoms with E-state index in [-0.39, 0.29) is 5.91 Å². The topological polar surface area (TPSA) is 70.1 Å². The Balaban J connectivity index is 1.59. The highest BCUT2D eigenvalue weighted by atomic mass is 16.6. The van der Waals surface area contributed by atoms with Crippen molar-refractivity contribution in [1.29, 1.82) is 0 Å². The number of epoxide rings is 1. The summed E-state index contributed by atoms with van der Waals surface area (Å²) in [6, 6.07) is 14.9. The number of ether oxygens (including phenoxy) is 1. The lowest BCUT2D eigenvalue weighted by Crippen LogP contribution is -2.23. The molecule has 4 rings (SSSR count). The zero-order chi connectivity index (χ0) is 16.2. The van der Waals surface area contributed by atoms with E-state index >= 15 is 0 Å². The van der Waals surface area contributed by atoms with Crippen molar-refractivity contribution < 1.29 is 19.4 Å². The third-order valence-corrected chi connectivity index (χ3v) is 4.60. The number of fused-ring (bicyclic) bond motifs is 1. The Labute approximate surface area is 133 Å². The number of rotatable bonds is 3. The van der Waals surface area contributed by atoms with E-state index in [1.807, 2.05) is 48.5 Å². The normalized spacial score (nSPS) is 25.3. The van der Waals surface area contributed by atoms with Crippen molar-refractivity contribution in [2.75, 3.05) is 4.90 Å². The van der Waals surface area contributed by atoms with E-state index < -0.39 is 17.7 Å². The predicted molar refractivity (Wildman–Crippen MR) is 83.3 cm³/mol. The fourth-order valence-corrected chi connectivity index (χ4v) is 3.15. The highest BCUT2D eigenvalue weighted by Crippen LogP contribution is 2.46. The molecule has 1 amide bonds. The van der Waals surface area contributed by atoms with Gasteiger partial charge in [0.25, 0.3) is 5.91 Å². The quantitative estimate of drug-likeness (QED) is 0.885. The molecule has 0 aromatic heterocycles. The number of carboxylic acids is 1. The highest BCUT2D eigenvalue weighted by molar-refractivity contribution is 6.09. The van der Waals surface area contributed by atoms with Gasteiger partial charge in [0.05, 0.1) is 6.54 Å². The van der Waals surface area contributed by atoms with Gasteiger partial charge in [-0.3, -0.25) is 4.79 Å². The second kappa shape index (κ2) is 4.67. The molecule has 5 nitrogen and oxygen atoms in total. The number of hydrogen-bond donors (Lipinski definition) is 1. The first-order valence-electron chi connectivity index (χ1n) is 7.41. The molecule has 1 N–H and O–H groups in total. The molecule has 1 saturated heterocycles. The monoisotopic (exact) mass is 309 g/mol. The molecule has 23 heavy (non-hydrogen) atoms. The van der Waals surface area contributed by atoms with Gasteiger partial charge in [-0.25, -0.2) is 4.79 Å². The van der Waals surface area contributed by atoms with Crippen LogP contribution in [0, 0.1) is 0 Å². The van der Waals surface area contributed by atoms with Gasteiger partial charge in [0.2, 0.25) is 0 Å². The van der Waals surface area contributed by atoms with E-state index in [2.05, 4.69) is 0 Å². The third kappa shape index (κ3) is 2.04. The molecule has 2 atom stereocenters. The Morgan fingerprint density at radius 3 is 2.52 bits per heavy atom. The van der Waals surface area contributed by atoms with Crippen molar-refractivity contribution in [3.05, 3.63) is 65.2 Å². The third-order valence-electron chi connectivity index (χ3n) is 4.60. The van der Waals surface area contributed by atoms with E-state index in [4.69, 9.17) is 9.84 Å². The number of carbonyl (C=O) groups excluding carboxylic acids is 1. The zero-order valence-corrected chi connectivity index (χ0v) is 12.5. The summed E-state index contributed by atoms with van der Waals surface area (Å²) >= 11 is 0. The molecule has 2 aromatic carbocycles. The number of carboxylic acid groups (broad SMARTS) is 1. The second-order valence-corrected chi connectivity index (χ2v) is 6.04. The minimum absolute atomic E-state index is 0.00866. The minimum atomic E-state index is -0.957. The van der Waals surface area contributed by atoms with Gasteiger partial charge in [0.1, 0.15) is 5.60 Å². The molecule has 0 bridgehead atoms. The maximum absolute atomic E-state index is 12.5. The van der Waals surface area contributed by atoms with Crippen molar-refractivity contribution in [3.63, 3.8) is 0 Å². The van der Waals surface area contributed by atoms with Crippen molar-refractivity contribution in [2.45, 2.75) is 25.2 Å². The number of anilines is 1. The van der Waals surface area contributed by atoms with Crippen molar-refractivity contribution in [2.24, 2.45) is 0 Å². The Kier molecular flexibility index (Phi) is 2.83. The van der Waals surface area contributed by atoms with Gasteiger partial charge in [0, 0.05) is 11.3 Å². The van der Waals surface area contributed by atoms with Gasteiger partial charge in [-0.1, -0.05) is 30.3 Å². The van der Waals surface area contributed by atoms with E-state index in [1.54, 1.807) is 11.8 Å². The highest BCUT2D eigenvalue weighted by Gasteiger charge is 2.58. The van der Waals surface area contributed by atoms with Crippen LogP contribution in [0.4, 0.5) is 5.69 Å². The molecule has 0 saturated carbocycles. The van der Waals surface area contributed by atoms with Crippen LogP contribution >= 0.6 is 0 Å². The average molecular weight is 309 g/mol. The number of aliphatic carboxylic acids is 1. The lowest BCUT2D eigenvalue weighted by atomic mass is 9.97. The Bertz CT molecular complexity index is 814. The van der Waals surface area contributed by atoms with Crippen LogP contribution in [0.15, 0.2) is 48.5 Å². The van der Waals surface area contributed by atoms with E-state index in [0.29, 0.717) is 6.54 Å². The maximum Gasteiger partial charge on any atom is 0.336 e. The number of nitrogens with zero attached hydrogens (tertiary/aromatic N) is 1. The smallest absolute Gasteiger partial charge is 0.336 e. The second-order valence-electron chi connectivity index (χ2n) is 6.04. The van der Waals surface area contributed by atoms with Gasteiger partial charge in [-0.2, -0.15) is 0 Å². The number of benzene rings is 2. The summed E-state index contributed by atoms with van der Waals surface area (Å²) in [7, 11) is 0. The summed E-state index contributed by atoms with van der Waals surface area (Å²) in [5.74, 6) is -0.965. The SMILES string of the molecule is C[C@@]1(c2ccc(N3Cc4ccccc4C3=O)cc2)O[C@H]1C(=O)O. The molecule has 0 radical (unpaired) electrons. The van der Waals surface area contributed by atoms with Crippen LogP contribution in [0.3, 0.4) is 0 Å². The van der Waals surface area contributed by atoms with Crippen LogP contribution in [0.25, 0.3) is 0 Å². The first-order valence-corrected chi connectivity index (χ1v) is 7.41. The first kappa shape index (κ1) is 14.0. The van der Waals surface area contributed by atoms with Crippen LogP contribution in [-0.2, 0) is 21.7 Å². The summed E-state index contributed by atoms with van der Waals surface area (Å²) in [5, 5.41) is 9.03. The number of hydrogen-bond acceptors (Lipinski definition) is 3. The Hall–Kier alpha value is -2.66. The van der Waals surface area contributed by atoms with Gasteiger partial charge >= 0.3 is 5.97 Å². The number of amides is 1. The predicted octanol–water partition coefficient (Wildman–Crippen LogP) is 2.55. The van der Waals surface area contributed by atoms with Gasteiger partial charge in [0.15, 0.2) is 6.10 Å². The molecule has 2 heterocycles. The van der Waals surface area contributed by atoms with Crippen LogP contribution in [-0.4, -0.2) is 23.1 Å². The van der Waals surface area contributed by atoms with E-state index in [9.17, 15) is 9.59 Å². The molecule has 0 unspecified atom stereocenters. The molecular weight excluding hydrogens is 294 g/mol. The summed E-state index contributed by atoms with van der Waals surface area (Å²) in [6.07, 6.45) is -0.800. The molecule has 2 aromatic rings. The fraction of sp³-hybridized carbons (Fsp3) is 0.222. The van der Waals surface area contributed by atoms with Crippen LogP contribution in [0.5, 0.6) is 0 Å². The number of carbonyl (C=O) groups is 2. The van der Waals surface area contributed by atoms with Crippen molar-refractivity contribution in [1.82, 2.24) is 0 Å². The van der Waals surface area contributed by atoms with Crippen LogP contribution in [0.2, 0.25) is 0 Å². The van der Waals surface area contributed by atoms with Gasteiger partial charge in [-0.15, -0.1) is 0 Å². The molecule has 1 fully saturated rings. The molecule has 2 aliphatic heterocycles. The summed E-state index contributed by atoms with van der Waals surface area (Å²) in [4.78, 5) is 25.2. The fourth-order valence-electron chi connectivity index (χ4n) is 3.15. The van der Waals surface area contributed by atoms with E-state index in [1.165, 1.54) is 0 Å². The largest absolute Gasteiger partial charge is 0.479 e. The van der Waals surface area contributed by atoms with Gasteiger partial charge in [-0.05, 0) is 36.2 Å². The molecule has 0 aliphatic carbocycles. The maximum atomic E-state index is 12.5. The first-order chi connectivity index (χ1) is 11.0. The average Bonchev–Trinajstić information content (AvgIpc) is 3.16. The molecular formula is C18H15NO4. The lowest BCUT2D eigenvalue weighted by Gasteiger charge is -2.17. The molecule has 5 heteroatoms. The van der Waals surface area contributed by atoms with E-state index in [0.717, 1.165) is 22.4 Å². The summed E-state index contributed by atoms with van der Waals surface area (Å²) in [5.41, 5.74) is 2.58. The van der Waals surface area contributed by atoms with Crippen LogP contribution in [0.1, 0.15) is 28.4 Å². The Morgan fingerprint density at radius 1 is 1.22 bits per heavy atom. The molecule has 2 aliphatic rings. The molecule has 0 spiro atoms. The minimum Gasteiger partial charge on any atom is -0.479 e. The standard InChI is InChI=1S/C18H15NO4/c1-18(15(23-18)17(21)22)12-6-8-13(9-7-12)19-10-11-4-2-3-5-14(11)16(19)20/h2-9,15H,10H2,1H3,(H,21,22)/t15-,18-/m0/s1. The Morgan fingerprint density at radius 2 is 1.91 bits per heavy atom. The van der Waals surface area contributed by atoms with Gasteiger partial charge < -0.3 is 14.7 Å². The summed E-state index contributed by atoms with van der Waals surface area (Å²) < 4.78 is 5.31. The lowest BCUT2D eigenvalue weighted by molar-refractivity contribution is -0.138. The molecule has 116 valence electrons. The zero-order valence-electron chi connectivity index (χ0n) is 12.5. The van der Waals surface area contributed by atoms with Crippen LogP contribution < -0.4 is 4.90 Å². The van der Waals surface area contributed by atoms with Crippen molar-refractivity contribution >= 4 is 17.6 Å². The summed E-state index contributed by atoms with van der Waals surface area (Å²) in [6.45, 7) is 2.32. The van der Waals surface area contributed by atoms with Crippen molar-refractivity contribution in [3.8, 4) is 0 Å².